The van der Waals surface area contributed by atoms with Gasteiger partial charge < -0.3 is 14.5 Å². The molecule has 2 heterocycles. The van der Waals surface area contributed by atoms with Crippen LogP contribution >= 0.6 is 11.6 Å². The number of benzene rings is 3. The molecule has 31 heavy (non-hydrogen) atoms. The Morgan fingerprint density at radius 1 is 1.13 bits per heavy atom. The summed E-state index contributed by atoms with van der Waals surface area (Å²) in [6, 6.07) is 18.0. The van der Waals surface area contributed by atoms with E-state index in [2.05, 4.69) is 24.8 Å². The third-order valence-corrected chi connectivity index (χ3v) is 6.27. The van der Waals surface area contributed by atoms with Crippen LogP contribution in [0.5, 0.6) is 5.75 Å². The van der Waals surface area contributed by atoms with E-state index < -0.39 is 0 Å². The fourth-order valence-electron chi connectivity index (χ4n) is 4.34. The summed E-state index contributed by atoms with van der Waals surface area (Å²) < 4.78 is 5.78. The fraction of sp³-hybridized carbons (Fsp3) is 0.200. The molecule has 2 aliphatic heterocycles. The number of anilines is 1. The Balaban J connectivity index is 1.47. The molecular formula is C25H21ClN2O3. The van der Waals surface area contributed by atoms with Crippen molar-refractivity contribution in [2.24, 2.45) is 5.92 Å². The SMILES string of the molecule is C=CC(=O)N1CC(CN2C(=O)COc3cc(-c4cccc5ccccc45)c(Cl)cc32)C1. The van der Waals surface area contributed by atoms with E-state index in [1.54, 1.807) is 9.80 Å². The van der Waals surface area contributed by atoms with E-state index in [9.17, 15) is 9.59 Å². The van der Waals surface area contributed by atoms with E-state index in [0.29, 0.717) is 36.1 Å². The molecule has 0 saturated carbocycles. The Bertz CT molecular complexity index is 1210. The predicted molar refractivity (Wildman–Crippen MR) is 123 cm³/mol. The van der Waals surface area contributed by atoms with Crippen LogP contribution in [0, 0.1) is 5.92 Å². The van der Waals surface area contributed by atoms with Gasteiger partial charge in [0.2, 0.25) is 5.91 Å². The zero-order valence-corrected chi connectivity index (χ0v) is 17.6. The highest BCUT2D eigenvalue weighted by Gasteiger charge is 2.35. The van der Waals surface area contributed by atoms with Gasteiger partial charge in [0.05, 0.1) is 10.7 Å². The Hall–Kier alpha value is -3.31. The predicted octanol–water partition coefficient (Wildman–Crippen LogP) is 4.53. The lowest BCUT2D eigenvalue weighted by Gasteiger charge is -2.42. The average Bonchev–Trinajstić information content (AvgIpc) is 2.76. The van der Waals surface area contributed by atoms with Crippen LogP contribution in [0.3, 0.4) is 0 Å². The molecule has 3 aromatic rings. The molecule has 3 aromatic carbocycles. The highest BCUT2D eigenvalue weighted by atomic mass is 35.5. The maximum Gasteiger partial charge on any atom is 0.265 e. The quantitative estimate of drug-likeness (QED) is 0.569. The maximum absolute atomic E-state index is 12.6. The first-order chi connectivity index (χ1) is 15.0. The second kappa shape index (κ2) is 7.75. The standard InChI is InChI=1S/C25H21ClN2O3/c1-2-24(29)27-12-16(13-27)14-28-22-11-21(26)20(10-23(22)31-15-25(28)30)19-9-5-7-17-6-3-4-8-18(17)19/h2-11,16H,1,12-15H2. The molecule has 1 saturated heterocycles. The van der Waals surface area contributed by atoms with Gasteiger partial charge in [-0.1, -0.05) is 60.6 Å². The van der Waals surface area contributed by atoms with Crippen LogP contribution in [0.4, 0.5) is 5.69 Å². The van der Waals surface area contributed by atoms with E-state index in [4.69, 9.17) is 16.3 Å². The summed E-state index contributed by atoms with van der Waals surface area (Å²) in [7, 11) is 0. The highest BCUT2D eigenvalue weighted by molar-refractivity contribution is 6.34. The molecule has 0 atom stereocenters. The molecule has 5 rings (SSSR count). The number of carbonyl (C=O) groups is 2. The molecule has 1 fully saturated rings. The van der Waals surface area contributed by atoms with E-state index >= 15 is 0 Å². The lowest BCUT2D eigenvalue weighted by atomic mass is 9.96. The van der Waals surface area contributed by atoms with Crippen molar-refractivity contribution in [1.29, 1.82) is 0 Å². The summed E-state index contributed by atoms with van der Waals surface area (Å²) in [6.07, 6.45) is 1.32. The van der Waals surface area contributed by atoms with Crippen molar-refractivity contribution in [2.75, 3.05) is 31.1 Å². The first-order valence-electron chi connectivity index (χ1n) is 10.2. The number of rotatable bonds is 4. The van der Waals surface area contributed by atoms with Crippen LogP contribution < -0.4 is 9.64 Å². The van der Waals surface area contributed by atoms with Crippen LogP contribution in [0.15, 0.2) is 67.3 Å². The van der Waals surface area contributed by atoms with Gasteiger partial charge in [0.25, 0.3) is 5.91 Å². The van der Waals surface area contributed by atoms with Gasteiger partial charge in [-0.05, 0) is 34.5 Å². The number of hydrogen-bond donors (Lipinski definition) is 0. The van der Waals surface area contributed by atoms with Crippen molar-refractivity contribution in [3.05, 3.63) is 72.3 Å². The van der Waals surface area contributed by atoms with E-state index in [-0.39, 0.29) is 24.3 Å². The zero-order chi connectivity index (χ0) is 21.5. The third-order valence-electron chi connectivity index (χ3n) is 5.96. The molecular weight excluding hydrogens is 412 g/mol. The topological polar surface area (TPSA) is 49.9 Å². The van der Waals surface area contributed by atoms with Gasteiger partial charge >= 0.3 is 0 Å². The van der Waals surface area contributed by atoms with Crippen molar-refractivity contribution in [3.8, 4) is 16.9 Å². The highest BCUT2D eigenvalue weighted by Crippen LogP contribution is 2.43. The third kappa shape index (κ3) is 3.45. The number of hydrogen-bond acceptors (Lipinski definition) is 3. The van der Waals surface area contributed by atoms with Gasteiger partial charge in [-0.25, -0.2) is 0 Å². The largest absolute Gasteiger partial charge is 0.482 e. The van der Waals surface area contributed by atoms with Gasteiger partial charge in [0, 0.05) is 31.1 Å². The monoisotopic (exact) mass is 432 g/mol. The van der Waals surface area contributed by atoms with Crippen molar-refractivity contribution in [1.82, 2.24) is 4.90 Å². The number of nitrogens with zero attached hydrogens (tertiary/aromatic N) is 2. The summed E-state index contributed by atoms with van der Waals surface area (Å²) in [5.74, 6) is 0.684. The smallest absolute Gasteiger partial charge is 0.265 e. The van der Waals surface area contributed by atoms with Crippen LogP contribution in [0.1, 0.15) is 0 Å². The molecule has 0 spiro atoms. The second-order valence-corrected chi connectivity index (χ2v) is 8.34. The summed E-state index contributed by atoms with van der Waals surface area (Å²) in [5, 5.41) is 2.81. The summed E-state index contributed by atoms with van der Waals surface area (Å²) >= 11 is 6.72. The molecule has 0 unspecified atom stereocenters. The zero-order valence-electron chi connectivity index (χ0n) is 16.9. The summed E-state index contributed by atoms with van der Waals surface area (Å²) in [4.78, 5) is 27.8. The van der Waals surface area contributed by atoms with Gasteiger partial charge in [-0.15, -0.1) is 0 Å². The van der Waals surface area contributed by atoms with Crippen LogP contribution in [-0.2, 0) is 9.59 Å². The minimum absolute atomic E-state index is 0.00830. The molecule has 5 nitrogen and oxygen atoms in total. The average molecular weight is 433 g/mol. The number of halogens is 1. The molecule has 0 bridgehead atoms. The Morgan fingerprint density at radius 2 is 1.90 bits per heavy atom. The van der Waals surface area contributed by atoms with E-state index in [1.807, 2.05) is 36.4 Å². The van der Waals surface area contributed by atoms with Crippen molar-refractivity contribution < 1.29 is 14.3 Å². The Morgan fingerprint density at radius 3 is 2.71 bits per heavy atom. The van der Waals surface area contributed by atoms with Gasteiger partial charge in [-0.2, -0.15) is 0 Å². The van der Waals surface area contributed by atoms with E-state index in [1.165, 1.54) is 6.08 Å². The number of likely N-dealkylation sites (tertiary alicyclic amines) is 1. The van der Waals surface area contributed by atoms with Crippen LogP contribution in [-0.4, -0.2) is 43.0 Å². The van der Waals surface area contributed by atoms with Gasteiger partial charge in [0.15, 0.2) is 6.61 Å². The second-order valence-electron chi connectivity index (χ2n) is 7.93. The first-order valence-corrected chi connectivity index (χ1v) is 10.6. The lowest BCUT2D eigenvalue weighted by molar-refractivity contribution is -0.131. The van der Waals surface area contributed by atoms with E-state index in [0.717, 1.165) is 21.9 Å². The van der Waals surface area contributed by atoms with Crippen molar-refractivity contribution >= 4 is 39.9 Å². The molecule has 156 valence electrons. The Kier molecular flexibility index (Phi) is 4.91. The van der Waals surface area contributed by atoms with Crippen molar-refractivity contribution in [2.45, 2.75) is 0 Å². The van der Waals surface area contributed by atoms with Crippen molar-refractivity contribution in [3.63, 3.8) is 0 Å². The number of fused-ring (bicyclic) bond motifs is 2. The van der Waals surface area contributed by atoms with Crippen LogP contribution in [0.25, 0.3) is 21.9 Å². The van der Waals surface area contributed by atoms with Gasteiger partial charge in [-0.3, -0.25) is 9.59 Å². The summed E-state index contributed by atoms with van der Waals surface area (Å²) in [6.45, 7) is 5.28. The molecule has 0 aromatic heterocycles. The van der Waals surface area contributed by atoms with Crippen LogP contribution in [0.2, 0.25) is 5.02 Å². The summed E-state index contributed by atoms with van der Waals surface area (Å²) in [5.41, 5.74) is 2.58. The molecule has 0 aliphatic carbocycles. The molecule has 0 radical (unpaired) electrons. The molecule has 2 aliphatic rings. The number of amides is 2. The molecule has 0 N–H and O–H groups in total. The molecule has 2 amide bonds. The first kappa shape index (κ1) is 19.6. The number of carbonyl (C=O) groups excluding carboxylic acids is 2. The van der Waals surface area contributed by atoms with Gasteiger partial charge in [0.1, 0.15) is 5.75 Å². The minimum atomic E-state index is -0.102. The lowest BCUT2D eigenvalue weighted by Crippen LogP contribution is -2.55. The maximum atomic E-state index is 12.6. The Labute approximate surface area is 185 Å². The number of ether oxygens (including phenoxy) is 1. The fourth-order valence-corrected chi connectivity index (χ4v) is 4.60. The minimum Gasteiger partial charge on any atom is -0.482 e. The molecule has 6 heteroatoms. The normalized spacial score (nSPS) is 16.0.